The van der Waals surface area contributed by atoms with Crippen molar-refractivity contribution in [3.63, 3.8) is 0 Å². The van der Waals surface area contributed by atoms with Gasteiger partial charge < -0.3 is 24.3 Å². The summed E-state index contributed by atoms with van der Waals surface area (Å²) in [4.78, 5) is 31.6. The molecule has 0 spiro atoms. The number of nitrogens with zero attached hydrogens (tertiary/aromatic N) is 4. The van der Waals surface area contributed by atoms with E-state index in [1.807, 2.05) is 66.4 Å². The minimum absolute atomic E-state index is 0.0400. The van der Waals surface area contributed by atoms with Crippen LogP contribution in [-0.2, 0) is 6.42 Å². The predicted molar refractivity (Wildman–Crippen MR) is 143 cm³/mol. The number of rotatable bonds is 10. The number of thiazole rings is 1. The molecule has 4 aromatic rings. The summed E-state index contributed by atoms with van der Waals surface area (Å²) >= 11 is 1.52. The Morgan fingerprint density at radius 1 is 1.08 bits per heavy atom. The highest BCUT2D eigenvalue weighted by molar-refractivity contribution is 7.19. The maximum Gasteiger partial charge on any atom is 0.274 e. The summed E-state index contributed by atoms with van der Waals surface area (Å²) < 4.78 is 10.8. The first kappa shape index (κ1) is 24.1. The highest BCUT2D eigenvalue weighted by atomic mass is 32.1. The second kappa shape index (κ2) is 10.2. The van der Waals surface area contributed by atoms with Crippen molar-refractivity contribution in [3.05, 3.63) is 54.0 Å². The number of fused-ring (bicyclic) bond motifs is 1. The number of nitrogens with one attached hydrogen (secondary N) is 1. The van der Waals surface area contributed by atoms with Crippen LogP contribution in [0.4, 0.5) is 5.13 Å². The molecule has 9 heteroatoms. The van der Waals surface area contributed by atoms with Crippen molar-refractivity contribution in [2.24, 2.45) is 5.92 Å². The standard InChI is InChI=1S/C27H31N5O3S/c1-31(2)27-30-24(25(36-27)18-6-5-7-19(14-18)34-3)26(33)32(16-17-8-9-17)13-12-23-28-21-11-10-20(35-4)15-22(21)29-23/h5-7,10-11,14-15,17H,8-9,12-13,16H2,1-4H3,(H,28,29). The number of carbonyl (C=O) groups excluding carboxylic acids is 1. The van der Waals surface area contributed by atoms with Crippen molar-refractivity contribution >= 4 is 33.4 Å². The molecule has 1 aliphatic carbocycles. The Balaban J connectivity index is 1.42. The van der Waals surface area contributed by atoms with Crippen LogP contribution in [-0.4, -0.2) is 67.2 Å². The normalized spacial score (nSPS) is 13.1. The molecule has 0 bridgehead atoms. The molecule has 2 aromatic carbocycles. The Labute approximate surface area is 214 Å². The van der Waals surface area contributed by atoms with Gasteiger partial charge in [-0.2, -0.15) is 0 Å². The summed E-state index contributed by atoms with van der Waals surface area (Å²) in [6.07, 6.45) is 2.96. The Morgan fingerprint density at radius 2 is 1.86 bits per heavy atom. The van der Waals surface area contributed by atoms with E-state index in [4.69, 9.17) is 19.4 Å². The van der Waals surface area contributed by atoms with Gasteiger partial charge in [-0.05, 0) is 48.6 Å². The van der Waals surface area contributed by atoms with Gasteiger partial charge in [0.15, 0.2) is 5.13 Å². The van der Waals surface area contributed by atoms with Crippen molar-refractivity contribution in [2.45, 2.75) is 19.3 Å². The Hall–Kier alpha value is -3.59. The molecule has 0 unspecified atom stereocenters. The number of ether oxygens (including phenoxy) is 2. The zero-order valence-electron chi connectivity index (χ0n) is 21.1. The monoisotopic (exact) mass is 505 g/mol. The first-order valence-electron chi connectivity index (χ1n) is 12.1. The number of benzene rings is 2. The average Bonchev–Trinajstić information content (AvgIpc) is 3.44. The van der Waals surface area contributed by atoms with Crippen LogP contribution in [0.25, 0.3) is 21.5 Å². The molecule has 1 amide bonds. The minimum atomic E-state index is -0.0400. The van der Waals surface area contributed by atoms with Gasteiger partial charge in [-0.15, -0.1) is 0 Å². The van der Waals surface area contributed by atoms with Crippen LogP contribution in [0.2, 0.25) is 0 Å². The van der Waals surface area contributed by atoms with Crippen LogP contribution in [0.1, 0.15) is 29.2 Å². The topological polar surface area (TPSA) is 83.6 Å². The zero-order valence-corrected chi connectivity index (χ0v) is 21.9. The number of amides is 1. The maximum atomic E-state index is 13.9. The summed E-state index contributed by atoms with van der Waals surface area (Å²) in [7, 11) is 7.19. The Bertz CT molecular complexity index is 1380. The average molecular weight is 506 g/mol. The number of H-pyrrole nitrogens is 1. The number of anilines is 1. The molecule has 0 radical (unpaired) electrons. The number of hydrogen-bond acceptors (Lipinski definition) is 7. The molecule has 2 aromatic heterocycles. The number of carbonyl (C=O) groups is 1. The lowest BCUT2D eigenvalue weighted by molar-refractivity contribution is 0.0744. The molecule has 2 heterocycles. The van der Waals surface area contributed by atoms with Gasteiger partial charge in [-0.3, -0.25) is 4.79 Å². The van der Waals surface area contributed by atoms with Crippen LogP contribution < -0.4 is 14.4 Å². The largest absolute Gasteiger partial charge is 0.497 e. The van der Waals surface area contributed by atoms with Gasteiger partial charge in [0.2, 0.25) is 0 Å². The highest BCUT2D eigenvalue weighted by Gasteiger charge is 2.30. The van der Waals surface area contributed by atoms with Crippen molar-refractivity contribution in [1.29, 1.82) is 0 Å². The molecule has 0 aliphatic heterocycles. The van der Waals surface area contributed by atoms with E-state index >= 15 is 0 Å². The first-order chi connectivity index (χ1) is 17.4. The van der Waals surface area contributed by atoms with Gasteiger partial charge >= 0.3 is 0 Å². The van der Waals surface area contributed by atoms with Crippen molar-refractivity contribution < 1.29 is 14.3 Å². The highest BCUT2D eigenvalue weighted by Crippen LogP contribution is 2.37. The molecule has 1 N–H and O–H groups in total. The molecule has 36 heavy (non-hydrogen) atoms. The van der Waals surface area contributed by atoms with E-state index in [2.05, 4.69) is 4.98 Å². The Kier molecular flexibility index (Phi) is 6.82. The summed E-state index contributed by atoms with van der Waals surface area (Å²) in [5.74, 6) is 2.91. The second-order valence-electron chi connectivity index (χ2n) is 9.31. The number of aromatic amines is 1. The van der Waals surface area contributed by atoms with Crippen LogP contribution in [0.3, 0.4) is 0 Å². The first-order valence-corrected chi connectivity index (χ1v) is 12.9. The molecule has 8 nitrogen and oxygen atoms in total. The van der Waals surface area contributed by atoms with Gasteiger partial charge in [-0.1, -0.05) is 23.5 Å². The van der Waals surface area contributed by atoms with E-state index in [1.165, 1.54) is 11.3 Å². The van der Waals surface area contributed by atoms with Crippen LogP contribution in [0.15, 0.2) is 42.5 Å². The molecule has 1 fully saturated rings. The van der Waals surface area contributed by atoms with E-state index in [0.717, 1.165) is 63.3 Å². The molecule has 1 saturated carbocycles. The molecule has 0 saturated heterocycles. The SMILES string of the molecule is COc1cccc(-c2sc(N(C)C)nc2C(=O)N(CCc2nc3ccc(OC)cc3[nH]2)CC2CC2)c1. The molecule has 188 valence electrons. The van der Waals surface area contributed by atoms with Crippen LogP contribution in [0.5, 0.6) is 11.5 Å². The maximum absolute atomic E-state index is 13.9. The van der Waals surface area contributed by atoms with E-state index in [9.17, 15) is 4.79 Å². The Morgan fingerprint density at radius 3 is 2.58 bits per heavy atom. The van der Waals surface area contributed by atoms with Gasteiger partial charge in [0.1, 0.15) is 23.0 Å². The second-order valence-corrected chi connectivity index (χ2v) is 10.3. The quantitative estimate of drug-likeness (QED) is 0.331. The van der Waals surface area contributed by atoms with Crippen LogP contribution in [0, 0.1) is 5.92 Å². The molecular weight excluding hydrogens is 474 g/mol. The predicted octanol–water partition coefficient (Wildman–Crippen LogP) is 4.86. The lowest BCUT2D eigenvalue weighted by Gasteiger charge is -2.22. The summed E-state index contributed by atoms with van der Waals surface area (Å²) in [5, 5.41) is 0.800. The van der Waals surface area contributed by atoms with Crippen molar-refractivity contribution in [1.82, 2.24) is 19.9 Å². The third-order valence-corrected chi connectivity index (χ3v) is 7.62. The fraction of sp³-hybridized carbons (Fsp3) is 0.370. The zero-order chi connectivity index (χ0) is 25.2. The molecule has 0 atom stereocenters. The lowest BCUT2D eigenvalue weighted by atomic mass is 10.1. The van der Waals surface area contributed by atoms with Gasteiger partial charge in [0, 0.05) is 39.7 Å². The third-order valence-electron chi connectivity index (χ3n) is 6.35. The fourth-order valence-electron chi connectivity index (χ4n) is 4.17. The van der Waals surface area contributed by atoms with Crippen molar-refractivity contribution in [3.8, 4) is 21.9 Å². The third kappa shape index (κ3) is 5.16. The molecule has 5 rings (SSSR count). The number of methoxy groups -OCH3 is 2. The number of hydrogen-bond donors (Lipinski definition) is 1. The van der Waals surface area contributed by atoms with E-state index in [1.54, 1.807) is 14.2 Å². The van der Waals surface area contributed by atoms with E-state index in [-0.39, 0.29) is 5.91 Å². The number of aromatic nitrogens is 3. The smallest absolute Gasteiger partial charge is 0.274 e. The van der Waals surface area contributed by atoms with Gasteiger partial charge in [0.25, 0.3) is 5.91 Å². The van der Waals surface area contributed by atoms with Crippen molar-refractivity contribution in [2.75, 3.05) is 46.3 Å². The van der Waals surface area contributed by atoms with E-state index in [0.29, 0.717) is 24.6 Å². The number of imidazole rings is 1. The molecule has 1 aliphatic rings. The van der Waals surface area contributed by atoms with E-state index < -0.39 is 0 Å². The fourth-order valence-corrected chi connectivity index (χ4v) is 5.15. The van der Waals surface area contributed by atoms with Crippen LogP contribution >= 0.6 is 11.3 Å². The van der Waals surface area contributed by atoms with Gasteiger partial charge in [-0.25, -0.2) is 9.97 Å². The summed E-state index contributed by atoms with van der Waals surface area (Å²) in [6, 6.07) is 13.6. The van der Waals surface area contributed by atoms with Gasteiger partial charge in [0.05, 0.1) is 30.1 Å². The summed E-state index contributed by atoms with van der Waals surface area (Å²) in [5.41, 5.74) is 3.24. The minimum Gasteiger partial charge on any atom is -0.497 e. The summed E-state index contributed by atoms with van der Waals surface area (Å²) in [6.45, 7) is 1.30. The lowest BCUT2D eigenvalue weighted by Crippen LogP contribution is -2.35. The molecular formula is C27H31N5O3S.